The minimum absolute atomic E-state index is 0.0379. The number of benzene rings is 1. The first-order valence-electron chi connectivity index (χ1n) is 7.74. The molecule has 0 spiro atoms. The molecule has 1 aromatic rings. The van der Waals surface area contributed by atoms with Gasteiger partial charge in [-0.1, -0.05) is 49.4 Å². The molecular weight excluding hydrogens is 317 g/mol. The second kappa shape index (κ2) is 9.27. The van der Waals surface area contributed by atoms with Gasteiger partial charge in [-0.3, -0.25) is 4.79 Å². The van der Waals surface area contributed by atoms with Crippen molar-refractivity contribution in [2.24, 2.45) is 5.73 Å². The summed E-state index contributed by atoms with van der Waals surface area (Å²) >= 11 is 0. The molecule has 1 rings (SSSR count). The van der Waals surface area contributed by atoms with Crippen LogP contribution in [0.25, 0.3) is 0 Å². The first-order valence-corrected chi connectivity index (χ1v) is 7.74. The molecule has 1 unspecified atom stereocenters. The maximum absolute atomic E-state index is 12.9. The third-order valence-corrected chi connectivity index (χ3v) is 3.50. The summed E-state index contributed by atoms with van der Waals surface area (Å²) in [7, 11) is 0. The smallest absolute Gasteiger partial charge is 0.322 e. The lowest BCUT2D eigenvalue weighted by molar-refractivity contribution is -0.131. The molecule has 1 aromatic carbocycles. The summed E-state index contributed by atoms with van der Waals surface area (Å²) in [6, 6.07) is 6.65. The van der Waals surface area contributed by atoms with E-state index in [1.54, 1.807) is 18.2 Å². The number of nitrogens with zero attached hydrogens (tertiary/aromatic N) is 1. The molecule has 0 aliphatic carbocycles. The van der Waals surface area contributed by atoms with Gasteiger partial charge in [0.2, 0.25) is 5.91 Å². The van der Waals surface area contributed by atoms with Crippen molar-refractivity contribution in [2.45, 2.75) is 32.4 Å². The molecule has 0 aliphatic heterocycles. The summed E-state index contributed by atoms with van der Waals surface area (Å²) in [5.74, 6) is -0.791. The van der Waals surface area contributed by atoms with E-state index in [4.69, 9.17) is 5.73 Å². The molecule has 0 saturated heterocycles. The highest BCUT2D eigenvalue weighted by atomic mass is 19.4. The Morgan fingerprint density at radius 1 is 1.29 bits per heavy atom. The van der Waals surface area contributed by atoms with Crippen LogP contribution in [-0.4, -0.2) is 25.2 Å². The average molecular weight is 340 g/mol. The molecule has 0 radical (unpaired) electrons. The van der Waals surface area contributed by atoms with Crippen molar-refractivity contribution in [1.82, 2.24) is 0 Å². The molecule has 132 valence electrons. The lowest BCUT2D eigenvalue weighted by atomic mass is 9.95. The highest BCUT2D eigenvalue weighted by Gasteiger charge is 2.34. The largest absolute Gasteiger partial charge is 0.406 e. The third kappa shape index (κ3) is 6.20. The molecule has 0 aromatic heterocycles. The van der Waals surface area contributed by atoms with Gasteiger partial charge in [0.1, 0.15) is 6.54 Å². The minimum Gasteiger partial charge on any atom is -0.322 e. The number of amides is 1. The molecular formula is C18H23F3N2O. The van der Waals surface area contributed by atoms with E-state index in [2.05, 4.69) is 0 Å². The highest BCUT2D eigenvalue weighted by molar-refractivity contribution is 5.95. The predicted molar refractivity (Wildman–Crippen MR) is 90.9 cm³/mol. The van der Waals surface area contributed by atoms with Gasteiger partial charge in [0.15, 0.2) is 0 Å². The Balaban J connectivity index is 3.14. The summed E-state index contributed by atoms with van der Waals surface area (Å²) < 4.78 is 38.6. The van der Waals surface area contributed by atoms with Crippen molar-refractivity contribution in [2.75, 3.05) is 18.0 Å². The summed E-state index contributed by atoms with van der Waals surface area (Å²) in [5, 5.41) is 0. The number of carbonyl (C=O) groups excluding carboxylic acids is 1. The maximum Gasteiger partial charge on any atom is 0.406 e. The Morgan fingerprint density at radius 2 is 1.96 bits per heavy atom. The molecule has 6 heteroatoms. The number of rotatable bonds is 7. The summed E-state index contributed by atoms with van der Waals surface area (Å²) in [6.45, 7) is 2.00. The van der Waals surface area contributed by atoms with Crippen LogP contribution in [0.1, 0.15) is 31.7 Å². The number of allylic oxidation sites excluding steroid dienone is 4. The van der Waals surface area contributed by atoms with E-state index in [0.29, 0.717) is 12.0 Å². The van der Waals surface area contributed by atoms with Crippen LogP contribution in [0.5, 0.6) is 0 Å². The molecule has 3 nitrogen and oxygen atoms in total. The van der Waals surface area contributed by atoms with E-state index in [1.807, 2.05) is 38.2 Å². The van der Waals surface area contributed by atoms with Crippen molar-refractivity contribution >= 4 is 11.6 Å². The number of hydrogen-bond donors (Lipinski definition) is 1. The van der Waals surface area contributed by atoms with Crippen LogP contribution in [-0.2, 0) is 4.79 Å². The summed E-state index contributed by atoms with van der Waals surface area (Å²) in [5.41, 5.74) is 6.24. The lowest BCUT2D eigenvalue weighted by Gasteiger charge is -2.27. The number of anilines is 1. The number of halogens is 3. The van der Waals surface area contributed by atoms with Crippen LogP contribution >= 0.6 is 0 Å². The van der Waals surface area contributed by atoms with Crippen molar-refractivity contribution in [1.29, 1.82) is 0 Å². The Bertz CT molecular complexity index is 594. The van der Waals surface area contributed by atoms with Crippen LogP contribution in [0.3, 0.4) is 0 Å². The van der Waals surface area contributed by atoms with E-state index in [0.717, 1.165) is 4.90 Å². The van der Waals surface area contributed by atoms with Crippen LogP contribution in [0.15, 0.2) is 48.6 Å². The fraction of sp³-hybridized carbons (Fsp3) is 0.389. The number of hydrogen-bond acceptors (Lipinski definition) is 2. The molecule has 0 fully saturated rings. The number of carbonyl (C=O) groups is 1. The Morgan fingerprint density at radius 3 is 2.54 bits per heavy atom. The SMILES string of the molecule is C/C=C\C=C/CC(C)c1ccccc1N(CC(F)(F)F)C(=O)CN. The molecule has 2 N–H and O–H groups in total. The van der Waals surface area contributed by atoms with E-state index < -0.39 is 25.2 Å². The molecule has 0 saturated carbocycles. The van der Waals surface area contributed by atoms with Gasteiger partial charge in [-0.05, 0) is 30.9 Å². The number of nitrogens with two attached hydrogens (primary N) is 1. The van der Waals surface area contributed by atoms with Gasteiger partial charge in [-0.15, -0.1) is 0 Å². The van der Waals surface area contributed by atoms with Gasteiger partial charge in [-0.25, -0.2) is 0 Å². The summed E-state index contributed by atoms with van der Waals surface area (Å²) in [6.07, 6.45) is 3.76. The predicted octanol–water partition coefficient (Wildman–Crippen LogP) is 4.17. The monoisotopic (exact) mass is 340 g/mol. The van der Waals surface area contributed by atoms with Gasteiger partial charge < -0.3 is 10.6 Å². The van der Waals surface area contributed by atoms with Gasteiger partial charge in [0.25, 0.3) is 0 Å². The second-order valence-corrected chi connectivity index (χ2v) is 5.45. The topological polar surface area (TPSA) is 46.3 Å². The van der Waals surface area contributed by atoms with Crippen LogP contribution in [0, 0.1) is 0 Å². The van der Waals surface area contributed by atoms with Crippen LogP contribution in [0.2, 0.25) is 0 Å². The van der Waals surface area contributed by atoms with Crippen molar-refractivity contribution in [3.05, 3.63) is 54.1 Å². The maximum atomic E-state index is 12.9. The molecule has 0 bridgehead atoms. The van der Waals surface area contributed by atoms with E-state index in [9.17, 15) is 18.0 Å². The van der Waals surface area contributed by atoms with Gasteiger partial charge in [-0.2, -0.15) is 13.2 Å². The molecule has 0 aliphatic rings. The number of para-hydroxylation sites is 1. The molecule has 0 heterocycles. The standard InChI is InChI=1S/C18H23F3N2O/c1-3-4-5-6-9-14(2)15-10-7-8-11-16(15)23(17(24)12-22)13-18(19,20)21/h3-8,10-11,14H,9,12-13,22H2,1-2H3/b4-3-,6-5-. The first-order chi connectivity index (χ1) is 11.3. The molecule has 1 amide bonds. The van der Waals surface area contributed by atoms with Crippen molar-refractivity contribution < 1.29 is 18.0 Å². The second-order valence-electron chi connectivity index (χ2n) is 5.45. The molecule has 24 heavy (non-hydrogen) atoms. The van der Waals surface area contributed by atoms with Crippen LogP contribution < -0.4 is 10.6 Å². The normalized spacial score (nSPS) is 13.6. The Kier molecular flexibility index (Phi) is 7.71. The van der Waals surface area contributed by atoms with Gasteiger partial charge in [0.05, 0.1) is 6.54 Å². The Hall–Kier alpha value is -2.08. The quantitative estimate of drug-likeness (QED) is 0.757. The zero-order chi connectivity index (χ0) is 18.2. The van der Waals surface area contributed by atoms with Gasteiger partial charge >= 0.3 is 6.18 Å². The fourth-order valence-electron chi connectivity index (χ4n) is 2.35. The van der Waals surface area contributed by atoms with E-state index >= 15 is 0 Å². The number of alkyl halides is 3. The summed E-state index contributed by atoms with van der Waals surface area (Å²) in [4.78, 5) is 12.7. The fourth-order valence-corrected chi connectivity index (χ4v) is 2.35. The van der Waals surface area contributed by atoms with E-state index in [1.165, 1.54) is 6.07 Å². The minimum atomic E-state index is -4.49. The van der Waals surface area contributed by atoms with Crippen LogP contribution in [0.4, 0.5) is 18.9 Å². The average Bonchev–Trinajstić information content (AvgIpc) is 2.55. The zero-order valence-electron chi connectivity index (χ0n) is 13.9. The third-order valence-electron chi connectivity index (χ3n) is 3.50. The Labute approximate surface area is 140 Å². The van der Waals surface area contributed by atoms with E-state index in [-0.39, 0.29) is 11.6 Å². The first kappa shape index (κ1) is 20.0. The highest BCUT2D eigenvalue weighted by Crippen LogP contribution is 2.32. The molecule has 1 atom stereocenters. The van der Waals surface area contributed by atoms with Crippen molar-refractivity contribution in [3.8, 4) is 0 Å². The lowest BCUT2D eigenvalue weighted by Crippen LogP contribution is -2.42. The zero-order valence-corrected chi connectivity index (χ0v) is 13.9. The van der Waals surface area contributed by atoms with Crippen molar-refractivity contribution in [3.63, 3.8) is 0 Å². The van der Waals surface area contributed by atoms with Gasteiger partial charge in [0, 0.05) is 5.69 Å².